The quantitative estimate of drug-likeness (QED) is 0.474. The van der Waals surface area contributed by atoms with Gasteiger partial charge >= 0.3 is 0 Å². The SMILES string of the molecule is ClCCCOc1ccccc1C=Cc1nc2ccccc2o1. The highest BCUT2D eigenvalue weighted by Crippen LogP contribution is 2.22. The van der Waals surface area contributed by atoms with Gasteiger partial charge in [-0.3, -0.25) is 0 Å². The van der Waals surface area contributed by atoms with E-state index in [0.29, 0.717) is 18.4 Å². The fourth-order valence-corrected chi connectivity index (χ4v) is 2.22. The lowest BCUT2D eigenvalue weighted by atomic mass is 10.2. The highest BCUT2D eigenvalue weighted by molar-refractivity contribution is 6.17. The van der Waals surface area contributed by atoms with Crippen molar-refractivity contribution in [3.8, 4) is 5.75 Å². The molecule has 0 N–H and O–H groups in total. The van der Waals surface area contributed by atoms with Crippen LogP contribution >= 0.6 is 11.6 Å². The summed E-state index contributed by atoms with van der Waals surface area (Å²) in [5, 5.41) is 0. The summed E-state index contributed by atoms with van der Waals surface area (Å²) in [7, 11) is 0. The first-order chi connectivity index (χ1) is 10.9. The second-order valence-corrected chi connectivity index (χ2v) is 5.16. The normalized spacial score (nSPS) is 11.3. The van der Waals surface area contributed by atoms with E-state index in [0.717, 1.165) is 28.8 Å². The van der Waals surface area contributed by atoms with E-state index in [9.17, 15) is 0 Å². The number of halogens is 1. The van der Waals surface area contributed by atoms with Crippen molar-refractivity contribution in [2.75, 3.05) is 12.5 Å². The molecule has 0 aliphatic rings. The minimum absolute atomic E-state index is 0.580. The van der Waals surface area contributed by atoms with Crippen LogP contribution in [0.4, 0.5) is 0 Å². The maximum atomic E-state index is 5.74. The Labute approximate surface area is 134 Å². The van der Waals surface area contributed by atoms with Crippen molar-refractivity contribution >= 4 is 34.9 Å². The van der Waals surface area contributed by atoms with E-state index in [1.807, 2.05) is 60.7 Å². The van der Waals surface area contributed by atoms with Gasteiger partial charge in [-0.1, -0.05) is 30.3 Å². The Morgan fingerprint density at radius 1 is 1.05 bits per heavy atom. The predicted molar refractivity (Wildman–Crippen MR) is 90.2 cm³/mol. The number of nitrogens with zero attached hydrogens (tertiary/aromatic N) is 1. The molecule has 3 nitrogen and oxygen atoms in total. The van der Waals surface area contributed by atoms with Gasteiger partial charge in [-0.25, -0.2) is 4.98 Å². The zero-order chi connectivity index (χ0) is 15.2. The van der Waals surface area contributed by atoms with Crippen LogP contribution in [0.15, 0.2) is 52.9 Å². The van der Waals surface area contributed by atoms with E-state index in [1.54, 1.807) is 0 Å². The topological polar surface area (TPSA) is 35.3 Å². The van der Waals surface area contributed by atoms with Crippen LogP contribution in [0.25, 0.3) is 23.3 Å². The zero-order valence-electron chi connectivity index (χ0n) is 12.0. The number of rotatable bonds is 6. The molecule has 0 aliphatic heterocycles. The molecule has 1 aromatic heterocycles. The summed E-state index contributed by atoms with van der Waals surface area (Å²) in [5.41, 5.74) is 2.63. The molecule has 1 heterocycles. The van der Waals surface area contributed by atoms with Crippen LogP contribution in [0, 0.1) is 0 Å². The van der Waals surface area contributed by atoms with E-state index in [2.05, 4.69) is 4.98 Å². The molecule has 0 atom stereocenters. The Morgan fingerprint density at radius 3 is 2.73 bits per heavy atom. The van der Waals surface area contributed by atoms with Gasteiger partial charge in [-0.05, 0) is 30.7 Å². The molecule has 0 fully saturated rings. The molecule has 0 saturated carbocycles. The molecular weight excluding hydrogens is 298 g/mol. The second-order valence-electron chi connectivity index (χ2n) is 4.78. The molecule has 0 unspecified atom stereocenters. The third-order valence-corrected chi connectivity index (χ3v) is 3.44. The summed E-state index contributed by atoms with van der Waals surface area (Å²) in [4.78, 5) is 4.42. The van der Waals surface area contributed by atoms with E-state index in [4.69, 9.17) is 20.8 Å². The summed E-state index contributed by atoms with van der Waals surface area (Å²) < 4.78 is 11.4. The number of hydrogen-bond acceptors (Lipinski definition) is 3. The van der Waals surface area contributed by atoms with Crippen molar-refractivity contribution in [2.45, 2.75) is 6.42 Å². The van der Waals surface area contributed by atoms with Gasteiger partial charge in [-0.15, -0.1) is 11.6 Å². The monoisotopic (exact) mass is 313 g/mol. The van der Waals surface area contributed by atoms with E-state index < -0.39 is 0 Å². The Morgan fingerprint density at radius 2 is 1.86 bits per heavy atom. The first kappa shape index (κ1) is 14.7. The minimum Gasteiger partial charge on any atom is -0.493 e. The van der Waals surface area contributed by atoms with Gasteiger partial charge in [0.15, 0.2) is 5.58 Å². The molecule has 3 rings (SSSR count). The van der Waals surface area contributed by atoms with Crippen molar-refractivity contribution in [1.29, 1.82) is 0 Å². The number of alkyl halides is 1. The maximum absolute atomic E-state index is 5.74. The molecular formula is C18H16ClNO2. The summed E-state index contributed by atoms with van der Waals surface area (Å²) in [6.45, 7) is 0.608. The summed E-state index contributed by atoms with van der Waals surface area (Å²) in [6.07, 6.45) is 4.62. The van der Waals surface area contributed by atoms with Gasteiger partial charge in [0.1, 0.15) is 11.3 Å². The number of hydrogen-bond donors (Lipinski definition) is 0. The Hall–Kier alpha value is -2.26. The summed E-state index contributed by atoms with van der Waals surface area (Å²) in [6, 6.07) is 15.6. The van der Waals surface area contributed by atoms with Crippen molar-refractivity contribution in [1.82, 2.24) is 4.98 Å². The number of para-hydroxylation sites is 3. The number of aromatic nitrogens is 1. The van der Waals surface area contributed by atoms with Gasteiger partial charge in [0.2, 0.25) is 5.89 Å². The minimum atomic E-state index is 0.580. The lowest BCUT2D eigenvalue weighted by Gasteiger charge is -2.07. The molecule has 2 aromatic carbocycles. The Balaban J connectivity index is 1.79. The summed E-state index contributed by atoms with van der Waals surface area (Å²) in [5.74, 6) is 2.01. The predicted octanol–water partition coefficient (Wildman–Crippen LogP) is 5.01. The molecule has 0 spiro atoms. The van der Waals surface area contributed by atoms with Crippen molar-refractivity contribution < 1.29 is 9.15 Å². The molecule has 0 saturated heterocycles. The number of oxazole rings is 1. The van der Waals surface area contributed by atoms with Gasteiger partial charge in [0.25, 0.3) is 0 Å². The van der Waals surface area contributed by atoms with Crippen LogP contribution in [0.1, 0.15) is 17.9 Å². The maximum Gasteiger partial charge on any atom is 0.220 e. The van der Waals surface area contributed by atoms with Crippen molar-refractivity contribution in [2.24, 2.45) is 0 Å². The van der Waals surface area contributed by atoms with Gasteiger partial charge < -0.3 is 9.15 Å². The van der Waals surface area contributed by atoms with Crippen LogP contribution in [0.3, 0.4) is 0 Å². The molecule has 0 bridgehead atoms. The molecule has 0 amide bonds. The standard InChI is InChI=1S/C18H16ClNO2/c19-12-5-13-21-16-8-3-1-6-14(16)10-11-18-20-15-7-2-4-9-17(15)22-18/h1-4,6-11H,5,12-13H2. The first-order valence-electron chi connectivity index (χ1n) is 7.18. The number of fused-ring (bicyclic) bond motifs is 1. The van der Waals surface area contributed by atoms with Crippen molar-refractivity contribution in [3.05, 3.63) is 60.0 Å². The largest absolute Gasteiger partial charge is 0.493 e. The number of benzene rings is 2. The third-order valence-electron chi connectivity index (χ3n) is 3.17. The van der Waals surface area contributed by atoms with Crippen LogP contribution in [0.5, 0.6) is 5.75 Å². The molecule has 22 heavy (non-hydrogen) atoms. The average Bonchev–Trinajstić information content (AvgIpc) is 2.97. The zero-order valence-corrected chi connectivity index (χ0v) is 12.8. The highest BCUT2D eigenvalue weighted by Gasteiger charge is 2.03. The van der Waals surface area contributed by atoms with Crippen LogP contribution < -0.4 is 4.74 Å². The molecule has 4 heteroatoms. The van der Waals surface area contributed by atoms with Crippen LogP contribution in [-0.4, -0.2) is 17.5 Å². The third kappa shape index (κ3) is 3.49. The van der Waals surface area contributed by atoms with E-state index in [-0.39, 0.29) is 0 Å². The molecule has 3 aromatic rings. The fraction of sp³-hybridized carbons (Fsp3) is 0.167. The average molecular weight is 314 g/mol. The van der Waals surface area contributed by atoms with Gasteiger partial charge in [-0.2, -0.15) is 0 Å². The van der Waals surface area contributed by atoms with Crippen LogP contribution in [-0.2, 0) is 0 Å². The van der Waals surface area contributed by atoms with E-state index >= 15 is 0 Å². The molecule has 112 valence electrons. The van der Waals surface area contributed by atoms with Crippen LogP contribution in [0.2, 0.25) is 0 Å². The first-order valence-corrected chi connectivity index (χ1v) is 7.72. The lowest BCUT2D eigenvalue weighted by molar-refractivity contribution is 0.317. The lowest BCUT2D eigenvalue weighted by Crippen LogP contribution is -1.98. The molecule has 0 aliphatic carbocycles. The van der Waals surface area contributed by atoms with Crippen molar-refractivity contribution in [3.63, 3.8) is 0 Å². The Kier molecular flexibility index (Phi) is 4.76. The highest BCUT2D eigenvalue weighted by atomic mass is 35.5. The molecule has 0 radical (unpaired) electrons. The van der Waals surface area contributed by atoms with Gasteiger partial charge in [0.05, 0.1) is 6.61 Å². The van der Waals surface area contributed by atoms with Gasteiger partial charge in [0, 0.05) is 17.5 Å². The second kappa shape index (κ2) is 7.14. The number of ether oxygens (including phenoxy) is 1. The summed E-state index contributed by atoms with van der Waals surface area (Å²) >= 11 is 5.67. The van der Waals surface area contributed by atoms with E-state index in [1.165, 1.54) is 0 Å². The fourth-order valence-electron chi connectivity index (χ4n) is 2.11. The smallest absolute Gasteiger partial charge is 0.220 e. The Bertz CT molecular complexity index is 746.